The normalized spacial score (nSPS) is 21.6. The largest absolute Gasteiger partial charge is 0.373 e. The van der Waals surface area contributed by atoms with Gasteiger partial charge in [0.25, 0.3) is 0 Å². The predicted molar refractivity (Wildman–Crippen MR) is 76.3 cm³/mol. The highest BCUT2D eigenvalue weighted by Gasteiger charge is 2.29. The van der Waals surface area contributed by atoms with Gasteiger partial charge in [-0.25, -0.2) is 18.4 Å². The molecular weight excluding hydrogens is 264 g/mol. The molecule has 2 heterocycles. The molecule has 0 radical (unpaired) electrons. The topological polar surface area (TPSA) is 84.0 Å². The first kappa shape index (κ1) is 14.0. The van der Waals surface area contributed by atoms with Crippen molar-refractivity contribution in [3.05, 3.63) is 11.9 Å². The van der Waals surface area contributed by atoms with E-state index in [1.54, 1.807) is 0 Å². The fourth-order valence-electron chi connectivity index (χ4n) is 2.36. The van der Waals surface area contributed by atoms with Gasteiger partial charge in [-0.3, -0.25) is 0 Å². The average molecular weight is 284 g/mol. The van der Waals surface area contributed by atoms with Crippen molar-refractivity contribution in [2.24, 2.45) is 0 Å². The van der Waals surface area contributed by atoms with E-state index in [4.69, 9.17) is 0 Å². The van der Waals surface area contributed by atoms with Gasteiger partial charge in [-0.2, -0.15) is 0 Å². The molecule has 2 rings (SSSR count). The number of aromatic nitrogens is 2. The van der Waals surface area contributed by atoms with Gasteiger partial charge in [0.05, 0.1) is 11.5 Å². The number of anilines is 2. The van der Waals surface area contributed by atoms with Crippen molar-refractivity contribution < 1.29 is 8.42 Å². The monoisotopic (exact) mass is 284 g/mol. The molecule has 1 saturated heterocycles. The lowest BCUT2D eigenvalue weighted by atomic mass is 10.0. The second-order valence-corrected chi connectivity index (χ2v) is 7.36. The third-order valence-corrected chi connectivity index (χ3v) is 5.04. The van der Waals surface area contributed by atoms with Crippen LogP contribution in [0.2, 0.25) is 0 Å². The molecule has 7 heteroatoms. The van der Waals surface area contributed by atoms with Crippen molar-refractivity contribution >= 4 is 21.5 Å². The van der Waals surface area contributed by atoms with Crippen LogP contribution < -0.4 is 10.6 Å². The zero-order chi connectivity index (χ0) is 14.0. The van der Waals surface area contributed by atoms with Gasteiger partial charge in [-0.1, -0.05) is 13.8 Å². The molecule has 0 spiro atoms. The van der Waals surface area contributed by atoms with Crippen LogP contribution in [0.1, 0.15) is 31.7 Å². The van der Waals surface area contributed by atoms with Gasteiger partial charge in [0.2, 0.25) is 0 Å². The van der Waals surface area contributed by atoms with Crippen LogP contribution in [0.5, 0.6) is 0 Å². The molecular formula is C12H20N4O2S. The Hall–Kier alpha value is -1.37. The van der Waals surface area contributed by atoms with E-state index in [2.05, 4.69) is 34.4 Å². The highest BCUT2D eigenvalue weighted by Crippen LogP contribution is 2.29. The highest BCUT2D eigenvalue weighted by molar-refractivity contribution is 7.91. The van der Waals surface area contributed by atoms with Crippen LogP contribution in [-0.2, 0) is 9.84 Å². The van der Waals surface area contributed by atoms with E-state index in [1.807, 2.05) is 7.05 Å². The Morgan fingerprint density at radius 3 is 2.53 bits per heavy atom. The van der Waals surface area contributed by atoms with Crippen LogP contribution in [0.25, 0.3) is 0 Å². The summed E-state index contributed by atoms with van der Waals surface area (Å²) in [6.45, 7) is 4.13. The lowest BCUT2D eigenvalue weighted by molar-refractivity contribution is 0.602. The summed E-state index contributed by atoms with van der Waals surface area (Å²) in [5.74, 6) is 2.21. The number of rotatable bonds is 4. The van der Waals surface area contributed by atoms with E-state index in [0.29, 0.717) is 6.42 Å². The Labute approximate surface area is 114 Å². The average Bonchev–Trinajstić information content (AvgIpc) is 2.68. The van der Waals surface area contributed by atoms with E-state index >= 15 is 0 Å². The maximum absolute atomic E-state index is 11.5. The maximum Gasteiger partial charge on any atom is 0.152 e. The number of hydrogen-bond donors (Lipinski definition) is 2. The molecule has 1 aromatic heterocycles. The van der Waals surface area contributed by atoms with E-state index in [0.717, 1.165) is 17.2 Å². The van der Waals surface area contributed by atoms with E-state index in [-0.39, 0.29) is 23.5 Å². The Kier molecular flexibility index (Phi) is 3.93. The van der Waals surface area contributed by atoms with E-state index in [1.165, 1.54) is 6.33 Å². The van der Waals surface area contributed by atoms with Gasteiger partial charge < -0.3 is 10.6 Å². The third kappa shape index (κ3) is 3.15. The first-order chi connectivity index (χ1) is 8.93. The second-order valence-electron chi connectivity index (χ2n) is 5.13. The van der Waals surface area contributed by atoms with Crippen molar-refractivity contribution in [1.82, 2.24) is 9.97 Å². The maximum atomic E-state index is 11.5. The smallest absolute Gasteiger partial charge is 0.152 e. The van der Waals surface area contributed by atoms with Crippen LogP contribution in [0.15, 0.2) is 6.33 Å². The minimum atomic E-state index is -2.89. The third-order valence-electron chi connectivity index (χ3n) is 3.27. The molecule has 19 heavy (non-hydrogen) atoms. The Bertz CT molecular complexity index is 557. The summed E-state index contributed by atoms with van der Waals surface area (Å²) in [7, 11) is -1.07. The van der Waals surface area contributed by atoms with Gasteiger partial charge in [0.15, 0.2) is 9.84 Å². The van der Waals surface area contributed by atoms with E-state index in [9.17, 15) is 8.42 Å². The zero-order valence-electron chi connectivity index (χ0n) is 11.5. The van der Waals surface area contributed by atoms with Crippen molar-refractivity contribution in [1.29, 1.82) is 0 Å². The van der Waals surface area contributed by atoms with Crippen LogP contribution in [0.3, 0.4) is 0 Å². The van der Waals surface area contributed by atoms with Crippen LogP contribution in [0.4, 0.5) is 11.6 Å². The summed E-state index contributed by atoms with van der Waals surface area (Å²) >= 11 is 0. The van der Waals surface area contributed by atoms with Gasteiger partial charge >= 0.3 is 0 Å². The molecule has 2 N–H and O–H groups in total. The lowest BCUT2D eigenvalue weighted by Crippen LogP contribution is -2.23. The zero-order valence-corrected chi connectivity index (χ0v) is 12.3. The fourth-order valence-corrected chi connectivity index (χ4v) is 4.03. The quantitative estimate of drug-likeness (QED) is 0.865. The first-order valence-electron chi connectivity index (χ1n) is 6.42. The molecule has 1 aliphatic rings. The summed E-state index contributed by atoms with van der Waals surface area (Å²) < 4.78 is 23.0. The molecule has 1 fully saturated rings. The standard InChI is InChI=1S/C12H20N4O2S/c1-8(2)10-11(13-3)14-7-15-12(10)16-9-4-5-19(17,18)6-9/h7-9H,4-6H2,1-3H3,(H2,13,14,15,16). The van der Waals surface area contributed by atoms with Gasteiger partial charge in [0, 0.05) is 18.7 Å². The van der Waals surface area contributed by atoms with Crippen molar-refractivity contribution in [3.63, 3.8) is 0 Å². The molecule has 1 atom stereocenters. The van der Waals surface area contributed by atoms with Crippen LogP contribution >= 0.6 is 0 Å². The molecule has 0 bridgehead atoms. The SMILES string of the molecule is CNc1ncnc(NC2CCS(=O)(=O)C2)c1C(C)C. The van der Waals surface area contributed by atoms with Crippen molar-refractivity contribution in [3.8, 4) is 0 Å². The van der Waals surface area contributed by atoms with Gasteiger partial charge in [0.1, 0.15) is 18.0 Å². The predicted octanol–water partition coefficient (Wildman–Crippen LogP) is 1.24. The second kappa shape index (κ2) is 5.32. The molecule has 106 valence electrons. The fraction of sp³-hybridized carbons (Fsp3) is 0.667. The van der Waals surface area contributed by atoms with Crippen molar-refractivity contribution in [2.45, 2.75) is 32.2 Å². The molecule has 1 aliphatic heterocycles. The molecule has 0 aromatic carbocycles. The first-order valence-corrected chi connectivity index (χ1v) is 8.24. The Morgan fingerprint density at radius 2 is 2.00 bits per heavy atom. The summed E-state index contributed by atoms with van der Waals surface area (Å²) in [6.07, 6.45) is 2.13. The summed E-state index contributed by atoms with van der Waals surface area (Å²) in [4.78, 5) is 8.46. The number of hydrogen-bond acceptors (Lipinski definition) is 6. The van der Waals surface area contributed by atoms with Crippen LogP contribution in [-0.4, -0.2) is 43.0 Å². The van der Waals surface area contributed by atoms with Crippen molar-refractivity contribution in [2.75, 3.05) is 29.2 Å². The molecule has 6 nitrogen and oxygen atoms in total. The molecule has 0 aliphatic carbocycles. The number of sulfone groups is 1. The highest BCUT2D eigenvalue weighted by atomic mass is 32.2. The minimum Gasteiger partial charge on any atom is -0.373 e. The lowest BCUT2D eigenvalue weighted by Gasteiger charge is -2.19. The molecule has 0 amide bonds. The Morgan fingerprint density at radius 1 is 1.32 bits per heavy atom. The molecule has 1 unspecified atom stereocenters. The number of nitrogens with zero attached hydrogens (tertiary/aromatic N) is 2. The minimum absolute atomic E-state index is 0.0536. The Balaban J connectivity index is 2.25. The molecule has 0 saturated carbocycles. The van der Waals surface area contributed by atoms with Gasteiger partial charge in [-0.15, -0.1) is 0 Å². The molecule has 1 aromatic rings. The van der Waals surface area contributed by atoms with E-state index < -0.39 is 9.84 Å². The van der Waals surface area contributed by atoms with Gasteiger partial charge in [-0.05, 0) is 12.3 Å². The summed E-state index contributed by atoms with van der Waals surface area (Å²) in [5.41, 5.74) is 0.995. The van der Waals surface area contributed by atoms with Crippen LogP contribution in [0, 0.1) is 0 Å². The number of nitrogens with one attached hydrogen (secondary N) is 2. The summed E-state index contributed by atoms with van der Waals surface area (Å²) in [6, 6.07) is -0.0536. The summed E-state index contributed by atoms with van der Waals surface area (Å²) in [5, 5.41) is 6.30.